The fraction of sp³-hybridized carbons (Fsp3) is 0.250. The molecule has 0 aliphatic carbocycles. The van der Waals surface area contributed by atoms with Gasteiger partial charge in [0.05, 0.1) is 0 Å². The summed E-state index contributed by atoms with van der Waals surface area (Å²) in [5.74, 6) is 0. The molecule has 2 nitrogen and oxygen atoms in total. The van der Waals surface area contributed by atoms with Crippen molar-refractivity contribution in [3.05, 3.63) is 64.1 Å². The van der Waals surface area contributed by atoms with Crippen molar-refractivity contribution in [1.29, 1.82) is 0 Å². The van der Waals surface area contributed by atoms with E-state index in [1.807, 2.05) is 12.1 Å². The van der Waals surface area contributed by atoms with Crippen LogP contribution in [0.4, 0.5) is 5.69 Å². The zero-order valence-corrected chi connectivity index (χ0v) is 12.7. The van der Waals surface area contributed by atoms with Crippen molar-refractivity contribution in [3.63, 3.8) is 0 Å². The van der Waals surface area contributed by atoms with Gasteiger partial charge in [-0.15, -0.1) is 0 Å². The van der Waals surface area contributed by atoms with Crippen molar-refractivity contribution < 1.29 is 0 Å². The van der Waals surface area contributed by atoms with E-state index in [1.54, 1.807) is 0 Å². The number of benzene rings is 2. The maximum Gasteiger partial charge on any atom is 0.0314 e. The van der Waals surface area contributed by atoms with Crippen LogP contribution in [0, 0.1) is 0 Å². The van der Waals surface area contributed by atoms with Gasteiger partial charge in [0.15, 0.2) is 0 Å². The minimum atomic E-state index is 0.821. The number of likely N-dealkylation sites (N-methyl/N-ethyl adjacent to an activating group) is 1. The monoisotopic (exact) mass is 318 g/mol. The van der Waals surface area contributed by atoms with Crippen molar-refractivity contribution in [2.24, 2.45) is 0 Å². The Morgan fingerprint density at radius 3 is 2.16 bits per heavy atom. The van der Waals surface area contributed by atoms with Crippen LogP contribution in [0.1, 0.15) is 11.1 Å². The Kier molecular flexibility index (Phi) is 5.00. The zero-order chi connectivity index (χ0) is 13.7. The molecule has 3 heteroatoms. The van der Waals surface area contributed by atoms with Gasteiger partial charge in [-0.05, 0) is 48.9 Å². The third kappa shape index (κ3) is 4.69. The molecule has 0 saturated heterocycles. The summed E-state index contributed by atoms with van der Waals surface area (Å²) in [5, 5.41) is 0. The number of halogens is 1. The van der Waals surface area contributed by atoms with Crippen LogP contribution in [0.3, 0.4) is 0 Å². The molecule has 0 aliphatic heterocycles. The highest BCUT2D eigenvalue weighted by Gasteiger charge is 2.01. The van der Waals surface area contributed by atoms with E-state index in [0.717, 1.165) is 29.7 Å². The molecule has 0 atom stereocenters. The number of nitrogens with two attached hydrogens (primary N) is 1. The van der Waals surface area contributed by atoms with Gasteiger partial charge in [-0.2, -0.15) is 0 Å². The molecule has 2 aromatic carbocycles. The molecule has 0 heterocycles. The normalized spacial score (nSPS) is 10.9. The van der Waals surface area contributed by atoms with Crippen LogP contribution < -0.4 is 5.73 Å². The summed E-state index contributed by atoms with van der Waals surface area (Å²) in [5.41, 5.74) is 9.17. The fourth-order valence-corrected chi connectivity index (χ4v) is 2.25. The average molecular weight is 319 g/mol. The molecule has 0 saturated carbocycles. The summed E-state index contributed by atoms with van der Waals surface area (Å²) in [6.07, 6.45) is 1.07. The molecule has 0 unspecified atom stereocenters. The lowest BCUT2D eigenvalue weighted by Crippen LogP contribution is -2.20. The van der Waals surface area contributed by atoms with E-state index in [9.17, 15) is 0 Å². The van der Waals surface area contributed by atoms with E-state index in [4.69, 9.17) is 5.73 Å². The van der Waals surface area contributed by atoms with Crippen LogP contribution in [0.25, 0.3) is 0 Å². The summed E-state index contributed by atoms with van der Waals surface area (Å²) in [7, 11) is 2.15. The summed E-state index contributed by atoms with van der Waals surface area (Å²) in [6, 6.07) is 16.6. The van der Waals surface area contributed by atoms with Crippen molar-refractivity contribution in [2.45, 2.75) is 13.0 Å². The maximum absolute atomic E-state index is 5.69. The first-order valence-electron chi connectivity index (χ1n) is 6.41. The van der Waals surface area contributed by atoms with E-state index >= 15 is 0 Å². The Morgan fingerprint density at radius 2 is 1.53 bits per heavy atom. The van der Waals surface area contributed by atoms with E-state index in [1.165, 1.54) is 11.1 Å². The second-order valence-corrected chi connectivity index (χ2v) is 5.77. The van der Waals surface area contributed by atoms with E-state index in [0.29, 0.717) is 0 Å². The molecule has 0 radical (unpaired) electrons. The van der Waals surface area contributed by atoms with Crippen LogP contribution in [-0.4, -0.2) is 18.5 Å². The highest BCUT2D eigenvalue weighted by atomic mass is 79.9. The van der Waals surface area contributed by atoms with Crippen molar-refractivity contribution in [2.75, 3.05) is 19.3 Å². The summed E-state index contributed by atoms with van der Waals surface area (Å²) in [4.78, 5) is 2.33. The quantitative estimate of drug-likeness (QED) is 0.852. The van der Waals surface area contributed by atoms with Crippen LogP contribution in [0.5, 0.6) is 0 Å². The molecule has 2 rings (SSSR count). The predicted molar refractivity (Wildman–Crippen MR) is 85.0 cm³/mol. The van der Waals surface area contributed by atoms with Crippen molar-refractivity contribution >= 4 is 21.6 Å². The van der Waals surface area contributed by atoms with Gasteiger partial charge in [0, 0.05) is 23.2 Å². The molecule has 0 amide bonds. The van der Waals surface area contributed by atoms with Crippen LogP contribution in [0.15, 0.2) is 53.0 Å². The first-order chi connectivity index (χ1) is 9.13. The van der Waals surface area contributed by atoms with E-state index < -0.39 is 0 Å². The molecule has 0 bridgehead atoms. The van der Waals surface area contributed by atoms with Crippen LogP contribution in [-0.2, 0) is 13.0 Å². The lowest BCUT2D eigenvalue weighted by atomic mass is 10.1. The van der Waals surface area contributed by atoms with Gasteiger partial charge in [-0.25, -0.2) is 0 Å². The molecular weight excluding hydrogens is 300 g/mol. The molecule has 0 spiro atoms. The summed E-state index contributed by atoms with van der Waals surface area (Å²) >= 11 is 3.45. The molecule has 0 aliphatic rings. The maximum atomic E-state index is 5.69. The second-order valence-electron chi connectivity index (χ2n) is 4.86. The number of hydrogen-bond acceptors (Lipinski definition) is 2. The number of nitrogens with zero attached hydrogens (tertiary/aromatic N) is 1. The molecule has 2 N–H and O–H groups in total. The zero-order valence-electron chi connectivity index (χ0n) is 11.1. The van der Waals surface area contributed by atoms with E-state index in [-0.39, 0.29) is 0 Å². The number of rotatable bonds is 5. The average Bonchev–Trinajstić information content (AvgIpc) is 2.41. The van der Waals surface area contributed by atoms with Gasteiger partial charge < -0.3 is 10.6 Å². The Labute approximate surface area is 123 Å². The van der Waals surface area contributed by atoms with Crippen LogP contribution in [0.2, 0.25) is 0 Å². The standard InChI is InChI=1S/C16H19BrN2/c1-19(12-14-4-8-16(18)9-5-14)11-10-13-2-6-15(17)7-3-13/h2-9H,10-12,18H2,1H3. The molecule has 0 fully saturated rings. The van der Waals surface area contributed by atoms with Gasteiger partial charge >= 0.3 is 0 Å². The minimum absolute atomic E-state index is 0.821. The van der Waals surface area contributed by atoms with Crippen LogP contribution >= 0.6 is 15.9 Å². The highest BCUT2D eigenvalue weighted by molar-refractivity contribution is 9.10. The molecule has 100 valence electrons. The summed E-state index contributed by atoms with van der Waals surface area (Å²) in [6.45, 7) is 2.00. The van der Waals surface area contributed by atoms with Gasteiger partial charge in [0.25, 0.3) is 0 Å². The third-order valence-electron chi connectivity index (χ3n) is 3.13. The van der Waals surface area contributed by atoms with E-state index in [2.05, 4.69) is 64.3 Å². The SMILES string of the molecule is CN(CCc1ccc(Br)cc1)Cc1ccc(N)cc1. The number of anilines is 1. The Hall–Kier alpha value is -1.32. The third-order valence-corrected chi connectivity index (χ3v) is 3.66. The first kappa shape index (κ1) is 14.1. The summed E-state index contributed by atoms with van der Waals surface area (Å²) < 4.78 is 1.13. The van der Waals surface area contributed by atoms with Gasteiger partial charge in [0.2, 0.25) is 0 Å². The lowest BCUT2D eigenvalue weighted by molar-refractivity contribution is 0.331. The van der Waals surface area contributed by atoms with Gasteiger partial charge in [-0.3, -0.25) is 0 Å². The predicted octanol–water partition coefficient (Wildman–Crippen LogP) is 3.71. The number of hydrogen-bond donors (Lipinski definition) is 1. The fourth-order valence-electron chi connectivity index (χ4n) is 1.98. The van der Waals surface area contributed by atoms with Crippen molar-refractivity contribution in [3.8, 4) is 0 Å². The number of nitrogen functional groups attached to an aromatic ring is 1. The highest BCUT2D eigenvalue weighted by Crippen LogP contribution is 2.12. The molecular formula is C16H19BrN2. The Bertz CT molecular complexity index is 505. The molecule has 19 heavy (non-hydrogen) atoms. The topological polar surface area (TPSA) is 29.3 Å². The molecule has 2 aromatic rings. The lowest BCUT2D eigenvalue weighted by Gasteiger charge is -2.16. The smallest absolute Gasteiger partial charge is 0.0314 e. The Morgan fingerprint density at radius 1 is 0.947 bits per heavy atom. The second kappa shape index (κ2) is 6.73. The largest absolute Gasteiger partial charge is 0.399 e. The molecule has 0 aromatic heterocycles. The van der Waals surface area contributed by atoms with Gasteiger partial charge in [-0.1, -0.05) is 40.2 Å². The minimum Gasteiger partial charge on any atom is -0.399 e. The van der Waals surface area contributed by atoms with Crippen molar-refractivity contribution in [1.82, 2.24) is 4.90 Å². The van der Waals surface area contributed by atoms with Gasteiger partial charge in [0.1, 0.15) is 0 Å². The Balaban J connectivity index is 1.82. The first-order valence-corrected chi connectivity index (χ1v) is 7.20.